The highest BCUT2D eigenvalue weighted by atomic mass is 32.2. The minimum Gasteiger partial charge on any atom is -0.360 e. The maximum Gasteiger partial charge on any atom is 0.253 e. The molecule has 0 spiro atoms. The quantitative estimate of drug-likeness (QED) is 0.782. The summed E-state index contributed by atoms with van der Waals surface area (Å²) in [6.45, 7) is 5.19. The maximum atomic E-state index is 12.8. The first-order valence-electron chi connectivity index (χ1n) is 9.47. The van der Waals surface area contributed by atoms with Gasteiger partial charge in [-0.05, 0) is 38.0 Å². The van der Waals surface area contributed by atoms with E-state index in [4.69, 9.17) is 4.52 Å². The third-order valence-electron chi connectivity index (χ3n) is 5.01. The zero-order valence-corrected chi connectivity index (χ0v) is 16.6. The topological polar surface area (TPSA) is 95.8 Å². The second kappa shape index (κ2) is 7.65. The molecule has 8 nitrogen and oxygen atoms in total. The van der Waals surface area contributed by atoms with Gasteiger partial charge in [-0.15, -0.1) is 0 Å². The Balaban J connectivity index is 1.38. The molecule has 0 atom stereocenters. The summed E-state index contributed by atoms with van der Waals surface area (Å²) < 4.78 is 32.7. The van der Waals surface area contributed by atoms with Gasteiger partial charge in [-0.1, -0.05) is 11.2 Å². The molecular formula is C19H24N4O4S. The number of rotatable bonds is 6. The molecule has 2 aliphatic rings. The van der Waals surface area contributed by atoms with E-state index in [-0.39, 0.29) is 16.8 Å². The van der Waals surface area contributed by atoms with E-state index in [1.54, 1.807) is 17.0 Å². The highest BCUT2D eigenvalue weighted by Crippen LogP contribution is 2.23. The Hall–Kier alpha value is -2.23. The van der Waals surface area contributed by atoms with Crippen LogP contribution in [0.15, 0.2) is 39.8 Å². The van der Waals surface area contributed by atoms with Crippen LogP contribution in [0.5, 0.6) is 0 Å². The Morgan fingerprint density at radius 3 is 2.61 bits per heavy atom. The van der Waals surface area contributed by atoms with Gasteiger partial charge in [-0.3, -0.25) is 9.69 Å². The summed E-state index contributed by atoms with van der Waals surface area (Å²) in [4.78, 5) is 17.0. The monoisotopic (exact) mass is 404 g/mol. The van der Waals surface area contributed by atoms with Crippen LogP contribution in [-0.4, -0.2) is 61.5 Å². The second-order valence-electron chi connectivity index (χ2n) is 7.43. The normalized spacial score (nSPS) is 18.4. The maximum absolute atomic E-state index is 12.8. The largest absolute Gasteiger partial charge is 0.360 e. The van der Waals surface area contributed by atoms with Crippen LogP contribution in [0.1, 0.15) is 34.7 Å². The van der Waals surface area contributed by atoms with Gasteiger partial charge in [-0.2, -0.15) is 0 Å². The molecule has 2 heterocycles. The number of nitrogens with zero attached hydrogens (tertiary/aromatic N) is 3. The molecule has 1 amide bonds. The van der Waals surface area contributed by atoms with Crippen molar-refractivity contribution >= 4 is 15.9 Å². The number of hydrogen-bond donors (Lipinski definition) is 1. The van der Waals surface area contributed by atoms with Crippen molar-refractivity contribution in [2.45, 2.75) is 37.2 Å². The van der Waals surface area contributed by atoms with Crippen LogP contribution >= 0.6 is 0 Å². The number of amides is 1. The van der Waals surface area contributed by atoms with Crippen molar-refractivity contribution in [3.05, 3.63) is 47.3 Å². The standard InChI is InChI=1S/C19H24N4O4S/c1-14-11-17(27-20-14)13-22-7-9-23(10-8-22)19(24)15-3-2-4-18(12-15)28(25,26)21-16-5-6-16/h2-4,11-12,16,21H,5-10,13H2,1H3. The van der Waals surface area contributed by atoms with E-state index in [9.17, 15) is 13.2 Å². The van der Waals surface area contributed by atoms with Crippen LogP contribution < -0.4 is 4.72 Å². The summed E-state index contributed by atoms with van der Waals surface area (Å²) in [5.74, 6) is 0.678. The molecule has 9 heteroatoms. The Bertz CT molecular complexity index is 960. The SMILES string of the molecule is Cc1cc(CN2CCN(C(=O)c3cccc(S(=O)(=O)NC4CC4)c3)CC2)on1. The molecule has 150 valence electrons. The number of aryl methyl sites for hydroxylation is 1. The lowest BCUT2D eigenvalue weighted by atomic mass is 10.2. The van der Waals surface area contributed by atoms with Gasteiger partial charge in [0.05, 0.1) is 17.1 Å². The molecular weight excluding hydrogens is 380 g/mol. The number of piperazine rings is 1. The van der Waals surface area contributed by atoms with Crippen LogP contribution in [0.25, 0.3) is 0 Å². The zero-order chi connectivity index (χ0) is 19.7. The number of aromatic nitrogens is 1. The fraction of sp³-hybridized carbons (Fsp3) is 0.474. The highest BCUT2D eigenvalue weighted by molar-refractivity contribution is 7.89. The first kappa shape index (κ1) is 19.1. The summed E-state index contributed by atoms with van der Waals surface area (Å²) in [7, 11) is -3.57. The first-order chi connectivity index (χ1) is 13.4. The van der Waals surface area contributed by atoms with E-state index in [2.05, 4.69) is 14.8 Å². The fourth-order valence-corrected chi connectivity index (χ4v) is 4.64. The molecule has 1 aliphatic heterocycles. The van der Waals surface area contributed by atoms with E-state index in [1.807, 2.05) is 13.0 Å². The molecule has 1 N–H and O–H groups in total. The van der Waals surface area contributed by atoms with Gasteiger partial charge < -0.3 is 9.42 Å². The van der Waals surface area contributed by atoms with Crippen LogP contribution in [0.4, 0.5) is 0 Å². The van der Waals surface area contributed by atoms with Gasteiger partial charge in [-0.25, -0.2) is 13.1 Å². The van der Waals surface area contributed by atoms with Gasteiger partial charge in [0.2, 0.25) is 10.0 Å². The van der Waals surface area contributed by atoms with Gasteiger partial charge in [0.1, 0.15) is 0 Å². The number of benzene rings is 1. The van der Waals surface area contributed by atoms with Crippen LogP contribution in [0, 0.1) is 6.92 Å². The van der Waals surface area contributed by atoms with Crippen molar-refractivity contribution in [3.63, 3.8) is 0 Å². The third kappa shape index (κ3) is 4.43. The summed E-state index contributed by atoms with van der Waals surface area (Å²) in [5, 5.41) is 3.89. The van der Waals surface area contributed by atoms with Crippen molar-refractivity contribution in [1.29, 1.82) is 0 Å². The van der Waals surface area contributed by atoms with Crippen molar-refractivity contribution in [3.8, 4) is 0 Å². The average molecular weight is 404 g/mol. The highest BCUT2D eigenvalue weighted by Gasteiger charge is 2.29. The lowest BCUT2D eigenvalue weighted by Crippen LogP contribution is -2.48. The van der Waals surface area contributed by atoms with E-state index in [0.717, 1.165) is 37.4 Å². The third-order valence-corrected chi connectivity index (χ3v) is 6.52. The van der Waals surface area contributed by atoms with Gasteiger partial charge in [0.15, 0.2) is 5.76 Å². The summed E-state index contributed by atoms with van der Waals surface area (Å²) >= 11 is 0. The Morgan fingerprint density at radius 2 is 1.96 bits per heavy atom. The summed E-state index contributed by atoms with van der Waals surface area (Å²) in [6, 6.07) is 8.24. The lowest BCUT2D eigenvalue weighted by molar-refractivity contribution is 0.0617. The van der Waals surface area contributed by atoms with Crippen molar-refractivity contribution < 1.29 is 17.7 Å². The predicted molar refractivity (Wildman–Crippen MR) is 102 cm³/mol. The smallest absolute Gasteiger partial charge is 0.253 e. The average Bonchev–Trinajstić information content (AvgIpc) is 3.40. The minimum atomic E-state index is -3.57. The molecule has 1 saturated heterocycles. The number of sulfonamides is 1. The van der Waals surface area contributed by atoms with Gasteiger partial charge in [0.25, 0.3) is 5.91 Å². The van der Waals surface area contributed by atoms with Crippen LogP contribution in [0.2, 0.25) is 0 Å². The van der Waals surface area contributed by atoms with E-state index < -0.39 is 10.0 Å². The molecule has 0 radical (unpaired) electrons. The fourth-order valence-electron chi connectivity index (χ4n) is 3.29. The molecule has 1 aromatic carbocycles. The van der Waals surface area contributed by atoms with Crippen molar-refractivity contribution in [2.24, 2.45) is 0 Å². The van der Waals surface area contributed by atoms with Gasteiger partial charge in [0, 0.05) is 43.9 Å². The molecule has 2 fully saturated rings. The van der Waals surface area contributed by atoms with E-state index in [0.29, 0.717) is 25.2 Å². The second-order valence-corrected chi connectivity index (χ2v) is 9.14. The molecule has 1 aromatic heterocycles. The van der Waals surface area contributed by atoms with Crippen LogP contribution in [-0.2, 0) is 16.6 Å². The van der Waals surface area contributed by atoms with Crippen LogP contribution in [0.3, 0.4) is 0 Å². The molecule has 28 heavy (non-hydrogen) atoms. The molecule has 4 rings (SSSR count). The predicted octanol–water partition coefficient (Wildman–Crippen LogP) is 1.38. The number of carbonyl (C=O) groups excluding carboxylic acids is 1. The number of carbonyl (C=O) groups is 1. The number of nitrogens with one attached hydrogen (secondary N) is 1. The molecule has 1 saturated carbocycles. The molecule has 0 unspecified atom stereocenters. The Morgan fingerprint density at radius 1 is 1.21 bits per heavy atom. The van der Waals surface area contributed by atoms with E-state index >= 15 is 0 Å². The summed E-state index contributed by atoms with van der Waals surface area (Å²) in [5.41, 5.74) is 1.26. The van der Waals surface area contributed by atoms with Gasteiger partial charge >= 0.3 is 0 Å². The van der Waals surface area contributed by atoms with Crippen molar-refractivity contribution in [2.75, 3.05) is 26.2 Å². The minimum absolute atomic E-state index is 0.0329. The Labute approximate surface area is 164 Å². The lowest BCUT2D eigenvalue weighted by Gasteiger charge is -2.34. The number of hydrogen-bond acceptors (Lipinski definition) is 6. The molecule has 0 bridgehead atoms. The first-order valence-corrected chi connectivity index (χ1v) is 11.0. The molecule has 2 aromatic rings. The Kier molecular flexibility index (Phi) is 5.22. The zero-order valence-electron chi connectivity index (χ0n) is 15.8. The van der Waals surface area contributed by atoms with E-state index in [1.165, 1.54) is 12.1 Å². The summed E-state index contributed by atoms with van der Waals surface area (Å²) in [6.07, 6.45) is 1.74. The van der Waals surface area contributed by atoms with Crippen molar-refractivity contribution in [1.82, 2.24) is 19.7 Å². The molecule has 1 aliphatic carbocycles.